The van der Waals surface area contributed by atoms with Crippen LogP contribution >= 0.6 is 0 Å². The van der Waals surface area contributed by atoms with Crippen LogP contribution in [0.15, 0.2) is 18.2 Å². The molecule has 0 aliphatic carbocycles. The van der Waals surface area contributed by atoms with Crippen LogP contribution in [-0.2, 0) is 6.42 Å². The molecule has 1 aromatic carbocycles. The summed E-state index contributed by atoms with van der Waals surface area (Å²) >= 11 is 0. The standard InChI is InChI=1S/C14H21N2/c1-12-4-2-3-11-16(12)14-7-5-13(6-8-14)9-10-15/h5,7-8,12H,2-4,9-11,15H2,1H3. The van der Waals surface area contributed by atoms with E-state index in [0.29, 0.717) is 12.6 Å². The zero-order chi connectivity index (χ0) is 11.4. The summed E-state index contributed by atoms with van der Waals surface area (Å²) in [7, 11) is 0. The van der Waals surface area contributed by atoms with Gasteiger partial charge in [-0.2, -0.15) is 0 Å². The molecule has 1 fully saturated rings. The van der Waals surface area contributed by atoms with E-state index in [-0.39, 0.29) is 0 Å². The van der Waals surface area contributed by atoms with E-state index in [1.54, 1.807) is 0 Å². The van der Waals surface area contributed by atoms with Gasteiger partial charge < -0.3 is 10.6 Å². The Labute approximate surface area is 98.4 Å². The molecule has 2 nitrogen and oxygen atoms in total. The van der Waals surface area contributed by atoms with Gasteiger partial charge in [-0.25, -0.2) is 0 Å². The summed E-state index contributed by atoms with van der Waals surface area (Å²) < 4.78 is 0. The van der Waals surface area contributed by atoms with Gasteiger partial charge in [0.2, 0.25) is 0 Å². The van der Waals surface area contributed by atoms with E-state index in [1.165, 1.54) is 37.1 Å². The number of hydrogen-bond acceptors (Lipinski definition) is 2. The molecular formula is C14H21N2. The monoisotopic (exact) mass is 217 g/mol. The fraction of sp³-hybridized carbons (Fsp3) is 0.571. The molecule has 2 N–H and O–H groups in total. The van der Waals surface area contributed by atoms with Crippen LogP contribution in [-0.4, -0.2) is 19.1 Å². The molecule has 1 radical (unpaired) electrons. The van der Waals surface area contributed by atoms with Crippen molar-refractivity contribution in [1.82, 2.24) is 0 Å². The second-order valence-corrected chi connectivity index (χ2v) is 4.65. The van der Waals surface area contributed by atoms with Crippen molar-refractivity contribution in [3.63, 3.8) is 0 Å². The first kappa shape index (κ1) is 11.5. The highest BCUT2D eigenvalue weighted by atomic mass is 15.2. The van der Waals surface area contributed by atoms with Gasteiger partial charge in [-0.3, -0.25) is 0 Å². The molecule has 87 valence electrons. The third kappa shape index (κ3) is 2.56. The van der Waals surface area contributed by atoms with E-state index >= 15 is 0 Å². The number of anilines is 1. The van der Waals surface area contributed by atoms with Crippen LogP contribution < -0.4 is 10.6 Å². The Morgan fingerprint density at radius 2 is 2.31 bits per heavy atom. The van der Waals surface area contributed by atoms with E-state index in [9.17, 15) is 0 Å². The first-order chi connectivity index (χ1) is 7.81. The number of nitrogens with two attached hydrogens (primary N) is 1. The largest absolute Gasteiger partial charge is 0.369 e. The van der Waals surface area contributed by atoms with Gasteiger partial charge >= 0.3 is 0 Å². The van der Waals surface area contributed by atoms with Crippen molar-refractivity contribution in [2.75, 3.05) is 18.0 Å². The summed E-state index contributed by atoms with van der Waals surface area (Å²) in [4.78, 5) is 2.49. The van der Waals surface area contributed by atoms with Crippen LogP contribution in [0.3, 0.4) is 0 Å². The molecule has 2 heteroatoms. The highest BCUT2D eigenvalue weighted by Crippen LogP contribution is 2.24. The van der Waals surface area contributed by atoms with Crippen LogP contribution in [0.2, 0.25) is 0 Å². The topological polar surface area (TPSA) is 29.3 Å². The Bertz CT molecular complexity index is 318. The number of benzene rings is 1. The van der Waals surface area contributed by atoms with Crippen molar-refractivity contribution in [2.45, 2.75) is 38.6 Å². The van der Waals surface area contributed by atoms with E-state index in [2.05, 4.69) is 36.1 Å². The van der Waals surface area contributed by atoms with Crippen molar-refractivity contribution in [3.05, 3.63) is 29.8 Å². The second-order valence-electron chi connectivity index (χ2n) is 4.65. The molecule has 1 aromatic rings. The Morgan fingerprint density at radius 1 is 1.44 bits per heavy atom. The summed E-state index contributed by atoms with van der Waals surface area (Å²) in [5, 5.41) is 0. The van der Waals surface area contributed by atoms with Crippen molar-refractivity contribution in [2.24, 2.45) is 5.73 Å². The highest BCUT2D eigenvalue weighted by Gasteiger charge is 2.18. The van der Waals surface area contributed by atoms with Crippen molar-refractivity contribution >= 4 is 5.69 Å². The van der Waals surface area contributed by atoms with Gasteiger partial charge in [0.1, 0.15) is 0 Å². The number of nitrogens with zero attached hydrogens (tertiary/aromatic N) is 1. The van der Waals surface area contributed by atoms with E-state index in [1.807, 2.05) is 0 Å². The zero-order valence-electron chi connectivity index (χ0n) is 10.1. The minimum Gasteiger partial charge on any atom is -0.369 e. The lowest BCUT2D eigenvalue weighted by molar-refractivity contribution is 0.485. The van der Waals surface area contributed by atoms with Crippen molar-refractivity contribution < 1.29 is 0 Å². The second kappa shape index (κ2) is 5.35. The van der Waals surface area contributed by atoms with Crippen molar-refractivity contribution in [3.8, 4) is 0 Å². The molecule has 1 saturated heterocycles. The lowest BCUT2D eigenvalue weighted by Gasteiger charge is -2.35. The minimum atomic E-state index is 0.669. The molecule has 0 bridgehead atoms. The summed E-state index contributed by atoms with van der Waals surface area (Å²) in [6.07, 6.45) is 4.92. The molecule has 0 aromatic heterocycles. The third-order valence-electron chi connectivity index (χ3n) is 3.41. The van der Waals surface area contributed by atoms with Gasteiger partial charge in [0.25, 0.3) is 0 Å². The molecule has 0 saturated carbocycles. The van der Waals surface area contributed by atoms with E-state index < -0.39 is 0 Å². The van der Waals surface area contributed by atoms with Gasteiger partial charge in [-0.15, -0.1) is 0 Å². The molecule has 0 amide bonds. The fourth-order valence-corrected chi connectivity index (χ4v) is 2.42. The predicted octanol–water partition coefficient (Wildman–Crippen LogP) is 2.37. The van der Waals surface area contributed by atoms with E-state index in [0.717, 1.165) is 6.42 Å². The first-order valence-electron chi connectivity index (χ1n) is 6.28. The van der Waals surface area contributed by atoms with Gasteiger partial charge in [-0.05, 0) is 62.9 Å². The van der Waals surface area contributed by atoms with Gasteiger partial charge in [0, 0.05) is 18.3 Å². The summed E-state index contributed by atoms with van der Waals surface area (Å²) in [5.74, 6) is 0. The minimum absolute atomic E-state index is 0.669. The normalized spacial score (nSPS) is 21.1. The number of rotatable bonds is 3. The molecule has 16 heavy (non-hydrogen) atoms. The predicted molar refractivity (Wildman–Crippen MR) is 68.7 cm³/mol. The third-order valence-corrected chi connectivity index (χ3v) is 3.41. The van der Waals surface area contributed by atoms with Crippen LogP contribution in [0, 0.1) is 6.07 Å². The smallest absolute Gasteiger partial charge is 0.0375 e. The number of piperidine rings is 1. The molecule has 1 unspecified atom stereocenters. The Morgan fingerprint density at radius 3 is 2.94 bits per heavy atom. The SMILES string of the molecule is CC1CCCCN1c1c[c]c(CCN)cc1. The van der Waals surface area contributed by atoms with Crippen LogP contribution in [0.1, 0.15) is 31.7 Å². The van der Waals surface area contributed by atoms with Crippen LogP contribution in [0.4, 0.5) is 5.69 Å². The maximum absolute atomic E-state index is 5.53. The summed E-state index contributed by atoms with van der Waals surface area (Å²) in [6.45, 7) is 4.20. The summed E-state index contributed by atoms with van der Waals surface area (Å²) in [6, 6.07) is 10.5. The quantitative estimate of drug-likeness (QED) is 0.842. The lowest BCUT2D eigenvalue weighted by Crippen LogP contribution is -2.37. The van der Waals surface area contributed by atoms with Crippen LogP contribution in [0.25, 0.3) is 0 Å². The average Bonchev–Trinajstić information content (AvgIpc) is 2.31. The zero-order valence-corrected chi connectivity index (χ0v) is 10.1. The summed E-state index contributed by atoms with van der Waals surface area (Å²) in [5.41, 5.74) is 8.06. The van der Waals surface area contributed by atoms with Gasteiger partial charge in [0.15, 0.2) is 0 Å². The Balaban J connectivity index is 2.08. The fourth-order valence-electron chi connectivity index (χ4n) is 2.42. The van der Waals surface area contributed by atoms with Crippen molar-refractivity contribution in [1.29, 1.82) is 0 Å². The molecular weight excluding hydrogens is 196 g/mol. The van der Waals surface area contributed by atoms with Crippen LogP contribution in [0.5, 0.6) is 0 Å². The molecule has 2 rings (SSSR count). The maximum atomic E-state index is 5.53. The van der Waals surface area contributed by atoms with Gasteiger partial charge in [-0.1, -0.05) is 6.07 Å². The molecule has 1 aliphatic rings. The highest BCUT2D eigenvalue weighted by molar-refractivity contribution is 5.48. The maximum Gasteiger partial charge on any atom is 0.0375 e. The Kier molecular flexibility index (Phi) is 3.83. The van der Waals surface area contributed by atoms with E-state index in [4.69, 9.17) is 5.73 Å². The lowest BCUT2D eigenvalue weighted by atomic mass is 10.0. The van der Waals surface area contributed by atoms with Gasteiger partial charge in [0.05, 0.1) is 0 Å². The molecule has 1 aliphatic heterocycles. The molecule has 1 atom stereocenters. The Hall–Kier alpha value is -1.02. The molecule has 1 heterocycles. The first-order valence-corrected chi connectivity index (χ1v) is 6.28. The molecule has 0 spiro atoms. The number of hydrogen-bond donors (Lipinski definition) is 1. The average molecular weight is 217 g/mol.